The second kappa shape index (κ2) is 7.03. The molecule has 2 nitrogen and oxygen atoms in total. The van der Waals surface area contributed by atoms with E-state index in [1.54, 1.807) is 0 Å². The van der Waals surface area contributed by atoms with Crippen LogP contribution >= 0.6 is 0 Å². The molecule has 31 heavy (non-hydrogen) atoms. The number of benzene rings is 5. The lowest BCUT2D eigenvalue weighted by molar-refractivity contribution is 1.31. The molecule has 0 N–H and O–H groups in total. The van der Waals surface area contributed by atoms with Gasteiger partial charge in [0.15, 0.2) is 0 Å². The molecule has 0 unspecified atom stereocenters. The quantitative estimate of drug-likeness (QED) is 0.282. The van der Waals surface area contributed by atoms with Crippen molar-refractivity contribution in [1.29, 1.82) is 0 Å². The van der Waals surface area contributed by atoms with Crippen molar-refractivity contribution >= 4 is 32.6 Å². The highest BCUT2D eigenvalue weighted by atomic mass is 14.8. The molecule has 6 aromatic rings. The lowest BCUT2D eigenvalue weighted by Crippen LogP contribution is -1.94. The molecule has 0 atom stereocenters. The van der Waals surface area contributed by atoms with Crippen molar-refractivity contribution in [3.05, 3.63) is 109 Å². The van der Waals surface area contributed by atoms with Gasteiger partial charge >= 0.3 is 0 Å². The molecule has 0 aliphatic heterocycles. The Bertz CT molecular complexity index is 1570. The minimum Gasteiger partial charge on any atom is -0.252 e. The number of hydrogen-bond donors (Lipinski definition) is 0. The SMILES string of the molecule is Cc1cc(-c2ccccc2)cc2c3ccccc3c3nc(-c4ccccc4)cnc3c12. The fourth-order valence-electron chi connectivity index (χ4n) is 4.54. The van der Waals surface area contributed by atoms with Crippen LogP contribution in [0.3, 0.4) is 0 Å². The van der Waals surface area contributed by atoms with Gasteiger partial charge in [0, 0.05) is 16.3 Å². The molecular weight excluding hydrogens is 376 g/mol. The van der Waals surface area contributed by atoms with Crippen LogP contribution in [0.5, 0.6) is 0 Å². The van der Waals surface area contributed by atoms with E-state index in [4.69, 9.17) is 9.97 Å². The lowest BCUT2D eigenvalue weighted by atomic mass is 9.92. The van der Waals surface area contributed by atoms with E-state index in [1.807, 2.05) is 24.4 Å². The van der Waals surface area contributed by atoms with Gasteiger partial charge in [0.1, 0.15) is 0 Å². The normalized spacial score (nSPS) is 11.4. The molecule has 0 spiro atoms. The molecule has 0 aliphatic carbocycles. The zero-order chi connectivity index (χ0) is 20.8. The summed E-state index contributed by atoms with van der Waals surface area (Å²) >= 11 is 0. The minimum absolute atomic E-state index is 0.899. The predicted octanol–water partition coefficient (Wildman–Crippen LogP) is 7.58. The van der Waals surface area contributed by atoms with E-state index in [0.29, 0.717) is 0 Å². The molecule has 2 heteroatoms. The smallest absolute Gasteiger partial charge is 0.0979 e. The standard InChI is InChI=1S/C29H20N2/c1-19-16-22(20-10-4-2-5-11-20)17-25-23-14-8-9-15-24(23)28-29(27(19)25)30-18-26(31-28)21-12-6-3-7-13-21/h2-18H,1H3. The maximum Gasteiger partial charge on any atom is 0.0979 e. The van der Waals surface area contributed by atoms with E-state index >= 15 is 0 Å². The summed E-state index contributed by atoms with van der Waals surface area (Å²) in [5.41, 5.74) is 7.57. The molecule has 6 rings (SSSR count). The largest absolute Gasteiger partial charge is 0.252 e. The Morgan fingerprint density at radius 3 is 1.94 bits per heavy atom. The minimum atomic E-state index is 0.899. The second-order valence-electron chi connectivity index (χ2n) is 7.95. The van der Waals surface area contributed by atoms with E-state index in [9.17, 15) is 0 Å². The van der Waals surface area contributed by atoms with Crippen molar-refractivity contribution in [2.24, 2.45) is 0 Å². The zero-order valence-electron chi connectivity index (χ0n) is 17.2. The highest BCUT2D eigenvalue weighted by Crippen LogP contribution is 2.38. The first-order valence-corrected chi connectivity index (χ1v) is 10.5. The van der Waals surface area contributed by atoms with Gasteiger partial charge in [0.25, 0.3) is 0 Å². The van der Waals surface area contributed by atoms with Crippen molar-refractivity contribution < 1.29 is 0 Å². The summed E-state index contributed by atoms with van der Waals surface area (Å²) in [4.78, 5) is 10.0. The Hall–Kier alpha value is -4.04. The summed E-state index contributed by atoms with van der Waals surface area (Å²) in [6.07, 6.45) is 1.90. The lowest BCUT2D eigenvalue weighted by Gasteiger charge is -2.14. The van der Waals surface area contributed by atoms with Crippen LogP contribution in [-0.4, -0.2) is 9.97 Å². The van der Waals surface area contributed by atoms with Crippen LogP contribution < -0.4 is 0 Å². The maximum atomic E-state index is 5.08. The van der Waals surface area contributed by atoms with Gasteiger partial charge in [0.05, 0.1) is 22.9 Å². The van der Waals surface area contributed by atoms with Crippen molar-refractivity contribution in [1.82, 2.24) is 9.97 Å². The van der Waals surface area contributed by atoms with Crippen molar-refractivity contribution in [3.63, 3.8) is 0 Å². The third-order valence-electron chi connectivity index (χ3n) is 5.99. The van der Waals surface area contributed by atoms with Crippen LogP contribution in [-0.2, 0) is 0 Å². The first-order valence-electron chi connectivity index (χ1n) is 10.5. The molecule has 0 radical (unpaired) electrons. The van der Waals surface area contributed by atoms with Gasteiger partial charge in [0.2, 0.25) is 0 Å². The van der Waals surface area contributed by atoms with Crippen LogP contribution in [0, 0.1) is 6.92 Å². The van der Waals surface area contributed by atoms with Crippen LogP contribution in [0.1, 0.15) is 5.56 Å². The number of nitrogens with zero attached hydrogens (tertiary/aromatic N) is 2. The van der Waals surface area contributed by atoms with Gasteiger partial charge in [-0.2, -0.15) is 0 Å². The van der Waals surface area contributed by atoms with E-state index in [-0.39, 0.29) is 0 Å². The molecule has 0 bridgehead atoms. The van der Waals surface area contributed by atoms with Crippen LogP contribution in [0.4, 0.5) is 0 Å². The van der Waals surface area contributed by atoms with Crippen molar-refractivity contribution in [2.45, 2.75) is 6.92 Å². The summed E-state index contributed by atoms with van der Waals surface area (Å²) in [5.74, 6) is 0. The molecule has 0 fully saturated rings. The average molecular weight is 396 g/mol. The van der Waals surface area contributed by atoms with Gasteiger partial charge in [-0.05, 0) is 40.5 Å². The Balaban J connectivity index is 1.73. The third kappa shape index (κ3) is 2.88. The Morgan fingerprint density at radius 2 is 1.19 bits per heavy atom. The van der Waals surface area contributed by atoms with Crippen LogP contribution in [0.2, 0.25) is 0 Å². The maximum absolute atomic E-state index is 5.08. The van der Waals surface area contributed by atoms with Crippen molar-refractivity contribution in [2.75, 3.05) is 0 Å². The molecular formula is C29H20N2. The highest BCUT2D eigenvalue weighted by Gasteiger charge is 2.15. The fourth-order valence-corrected chi connectivity index (χ4v) is 4.54. The van der Waals surface area contributed by atoms with Crippen LogP contribution in [0.25, 0.3) is 55.0 Å². The molecule has 0 amide bonds. The van der Waals surface area contributed by atoms with E-state index in [2.05, 4.69) is 85.8 Å². The Kier molecular flexibility index (Phi) is 4.03. The van der Waals surface area contributed by atoms with Crippen LogP contribution in [0.15, 0.2) is 103 Å². The monoisotopic (exact) mass is 396 g/mol. The van der Waals surface area contributed by atoms with Gasteiger partial charge in [-0.1, -0.05) is 91.0 Å². The summed E-state index contributed by atoms with van der Waals surface area (Å²) in [7, 11) is 0. The van der Waals surface area contributed by atoms with Crippen molar-refractivity contribution in [3.8, 4) is 22.4 Å². The summed E-state index contributed by atoms with van der Waals surface area (Å²) < 4.78 is 0. The fraction of sp³-hybridized carbons (Fsp3) is 0.0345. The predicted molar refractivity (Wildman–Crippen MR) is 130 cm³/mol. The van der Waals surface area contributed by atoms with E-state index in [1.165, 1.54) is 32.8 Å². The number of hydrogen-bond acceptors (Lipinski definition) is 2. The molecule has 0 aliphatic rings. The van der Waals surface area contributed by atoms with E-state index < -0.39 is 0 Å². The molecule has 1 aromatic heterocycles. The van der Waals surface area contributed by atoms with Gasteiger partial charge in [-0.25, -0.2) is 4.98 Å². The molecule has 0 saturated heterocycles. The number of rotatable bonds is 2. The highest BCUT2D eigenvalue weighted by molar-refractivity contribution is 6.24. The first-order chi connectivity index (χ1) is 15.3. The van der Waals surface area contributed by atoms with E-state index in [0.717, 1.165) is 27.7 Å². The molecule has 146 valence electrons. The molecule has 5 aromatic carbocycles. The van der Waals surface area contributed by atoms with Gasteiger partial charge < -0.3 is 0 Å². The summed E-state index contributed by atoms with van der Waals surface area (Å²) in [5, 5.41) is 4.76. The Labute approximate surface area is 180 Å². The first kappa shape index (κ1) is 17.8. The second-order valence-corrected chi connectivity index (χ2v) is 7.95. The topological polar surface area (TPSA) is 25.8 Å². The van der Waals surface area contributed by atoms with Gasteiger partial charge in [-0.15, -0.1) is 0 Å². The number of aromatic nitrogens is 2. The molecule has 1 heterocycles. The average Bonchev–Trinajstić information content (AvgIpc) is 2.84. The Morgan fingerprint density at radius 1 is 0.548 bits per heavy atom. The summed E-state index contributed by atoms with van der Waals surface area (Å²) in [6, 6.07) is 33.9. The number of aryl methyl sites for hydroxylation is 1. The zero-order valence-corrected chi connectivity index (χ0v) is 17.2. The number of fused-ring (bicyclic) bond motifs is 6. The molecule has 0 saturated carbocycles. The third-order valence-corrected chi connectivity index (χ3v) is 5.99. The van der Waals surface area contributed by atoms with Gasteiger partial charge in [-0.3, -0.25) is 4.98 Å². The summed E-state index contributed by atoms with van der Waals surface area (Å²) in [6.45, 7) is 2.18.